The summed E-state index contributed by atoms with van der Waals surface area (Å²) < 4.78 is 0. The molecule has 0 aromatic rings. The van der Waals surface area contributed by atoms with E-state index < -0.39 is 0 Å². The van der Waals surface area contributed by atoms with Crippen LogP contribution in [0.2, 0.25) is 12.1 Å². The van der Waals surface area contributed by atoms with Crippen LogP contribution in [0.4, 0.5) is 0 Å². The maximum absolute atomic E-state index is 2.40. The van der Waals surface area contributed by atoms with Crippen molar-refractivity contribution in [2.75, 3.05) is 0 Å². The van der Waals surface area contributed by atoms with Gasteiger partial charge in [-0.25, -0.2) is 0 Å². The minimum absolute atomic E-state index is 0.333. The van der Waals surface area contributed by atoms with Crippen LogP contribution in [-0.2, 0) is 0 Å². The van der Waals surface area contributed by atoms with Crippen LogP contribution in [0.3, 0.4) is 0 Å². The van der Waals surface area contributed by atoms with Gasteiger partial charge >= 0.3 is 0 Å². The van der Waals surface area contributed by atoms with Crippen LogP contribution in [0.15, 0.2) is 0 Å². The lowest BCUT2D eigenvalue weighted by Crippen LogP contribution is -1.97. The van der Waals surface area contributed by atoms with E-state index in [2.05, 4.69) is 20.8 Å². The first kappa shape index (κ1) is 11.2. The average molecular weight is 172 g/mol. The third kappa shape index (κ3) is 8.12. The fraction of sp³-hybridized carbons (Fsp3) is 1.00. The van der Waals surface area contributed by atoms with Gasteiger partial charge in [0.15, 0.2) is 0 Å². The quantitative estimate of drug-likeness (QED) is 0.408. The summed E-state index contributed by atoms with van der Waals surface area (Å²) in [5.74, 6) is 1.02. The van der Waals surface area contributed by atoms with Gasteiger partial charge in [-0.3, -0.25) is 0 Å². The van der Waals surface area contributed by atoms with Crippen LogP contribution in [0.25, 0.3) is 0 Å². The molecule has 0 aliphatic heterocycles. The van der Waals surface area contributed by atoms with Crippen molar-refractivity contribution in [1.82, 2.24) is 0 Å². The number of hydrogen-bond donors (Lipinski definition) is 0. The predicted octanol–water partition coefficient (Wildman–Crippen LogP) is 3.23. The molecule has 68 valence electrons. The molecule has 0 fully saturated rings. The SMILES string of the molecule is CCCCC[SiH2]CC(C)CC. The van der Waals surface area contributed by atoms with Gasteiger partial charge in [0, 0.05) is 9.52 Å². The maximum Gasteiger partial charge on any atom is 0.0200 e. The zero-order chi connectivity index (χ0) is 8.53. The summed E-state index contributed by atoms with van der Waals surface area (Å²) in [5.41, 5.74) is 0. The molecule has 0 nitrogen and oxygen atoms in total. The second kappa shape index (κ2) is 8.31. The van der Waals surface area contributed by atoms with Gasteiger partial charge in [-0.05, 0) is 5.92 Å². The lowest BCUT2D eigenvalue weighted by atomic mass is 10.2. The van der Waals surface area contributed by atoms with Gasteiger partial charge in [-0.1, -0.05) is 58.5 Å². The van der Waals surface area contributed by atoms with Crippen molar-refractivity contribution in [2.45, 2.75) is 58.5 Å². The Hall–Kier alpha value is 0.217. The first-order valence-electron chi connectivity index (χ1n) is 5.31. The van der Waals surface area contributed by atoms with E-state index in [1.165, 1.54) is 25.7 Å². The molecule has 0 rings (SSSR count). The number of unbranched alkanes of at least 4 members (excludes halogenated alkanes) is 2. The van der Waals surface area contributed by atoms with Crippen molar-refractivity contribution >= 4 is 9.52 Å². The Bertz CT molecular complexity index is 71.3. The van der Waals surface area contributed by atoms with E-state index in [1.807, 2.05) is 0 Å². The molecule has 0 radical (unpaired) electrons. The molecule has 1 heteroatoms. The highest BCUT2D eigenvalue weighted by Crippen LogP contribution is 2.09. The molecule has 0 aromatic heterocycles. The summed E-state index contributed by atoms with van der Waals surface area (Å²) in [6, 6.07) is 3.18. The van der Waals surface area contributed by atoms with E-state index in [1.54, 1.807) is 12.1 Å². The van der Waals surface area contributed by atoms with Gasteiger partial charge in [0.2, 0.25) is 0 Å². The maximum atomic E-state index is 2.40. The molecule has 0 aliphatic carbocycles. The van der Waals surface area contributed by atoms with Crippen molar-refractivity contribution < 1.29 is 0 Å². The molecule has 1 atom stereocenters. The van der Waals surface area contributed by atoms with Crippen LogP contribution in [0.1, 0.15) is 46.5 Å². The summed E-state index contributed by atoms with van der Waals surface area (Å²) in [6.07, 6.45) is 5.76. The minimum Gasteiger partial charge on any atom is -0.0654 e. The van der Waals surface area contributed by atoms with Gasteiger partial charge in [0.05, 0.1) is 0 Å². The van der Waals surface area contributed by atoms with Crippen LogP contribution in [0, 0.1) is 5.92 Å². The van der Waals surface area contributed by atoms with Crippen LogP contribution in [0.5, 0.6) is 0 Å². The second-order valence-electron chi connectivity index (χ2n) is 3.72. The van der Waals surface area contributed by atoms with E-state index >= 15 is 0 Å². The minimum atomic E-state index is 0.333. The third-order valence-corrected chi connectivity index (χ3v) is 4.89. The van der Waals surface area contributed by atoms with Crippen molar-refractivity contribution in [1.29, 1.82) is 0 Å². The molecule has 0 aromatic carbocycles. The summed E-state index contributed by atoms with van der Waals surface area (Å²) >= 11 is 0. The summed E-state index contributed by atoms with van der Waals surface area (Å²) in [5, 5.41) is 0. The summed E-state index contributed by atoms with van der Waals surface area (Å²) in [6.45, 7) is 6.99. The molecule has 0 aliphatic rings. The smallest absolute Gasteiger partial charge is 0.0200 e. The molecule has 0 spiro atoms. The monoisotopic (exact) mass is 172 g/mol. The van der Waals surface area contributed by atoms with Gasteiger partial charge in [-0.2, -0.15) is 0 Å². The molecule has 0 amide bonds. The van der Waals surface area contributed by atoms with Gasteiger partial charge in [0.25, 0.3) is 0 Å². The van der Waals surface area contributed by atoms with Gasteiger partial charge in [-0.15, -0.1) is 0 Å². The fourth-order valence-corrected chi connectivity index (χ4v) is 3.40. The second-order valence-corrected chi connectivity index (χ2v) is 5.71. The molecular weight excluding hydrogens is 148 g/mol. The van der Waals surface area contributed by atoms with E-state index in [9.17, 15) is 0 Å². The number of rotatable bonds is 7. The van der Waals surface area contributed by atoms with Crippen molar-refractivity contribution in [2.24, 2.45) is 5.92 Å². The standard InChI is InChI=1S/C10H24Si/c1-4-6-7-8-11-9-10(3)5-2/h10H,4-9,11H2,1-3H3. The Morgan fingerprint density at radius 1 is 1.18 bits per heavy atom. The van der Waals surface area contributed by atoms with E-state index in [0.717, 1.165) is 5.92 Å². The van der Waals surface area contributed by atoms with Crippen molar-refractivity contribution in [3.05, 3.63) is 0 Å². The molecule has 1 unspecified atom stereocenters. The van der Waals surface area contributed by atoms with Crippen molar-refractivity contribution in [3.63, 3.8) is 0 Å². The lowest BCUT2D eigenvalue weighted by Gasteiger charge is -2.06. The molecule has 0 N–H and O–H groups in total. The topological polar surface area (TPSA) is 0 Å². The number of hydrogen-bond acceptors (Lipinski definition) is 0. The zero-order valence-corrected chi connectivity index (χ0v) is 9.94. The highest BCUT2D eigenvalue weighted by atomic mass is 28.2. The molecule has 0 saturated heterocycles. The summed E-state index contributed by atoms with van der Waals surface area (Å²) in [7, 11) is 0.333. The Kier molecular flexibility index (Phi) is 8.48. The molecule has 0 heterocycles. The van der Waals surface area contributed by atoms with Crippen LogP contribution < -0.4 is 0 Å². The van der Waals surface area contributed by atoms with Gasteiger partial charge in [0.1, 0.15) is 0 Å². The zero-order valence-electron chi connectivity index (χ0n) is 8.53. The van der Waals surface area contributed by atoms with E-state index in [-0.39, 0.29) is 0 Å². The Balaban J connectivity index is 2.89. The molecule has 11 heavy (non-hydrogen) atoms. The first-order chi connectivity index (χ1) is 5.31. The molecular formula is C10H24Si. The normalized spacial score (nSPS) is 14.5. The fourth-order valence-electron chi connectivity index (χ4n) is 1.30. The third-order valence-electron chi connectivity index (χ3n) is 2.50. The molecule has 0 saturated carbocycles. The highest BCUT2D eigenvalue weighted by Gasteiger charge is 1.97. The predicted molar refractivity (Wildman–Crippen MR) is 57.1 cm³/mol. The first-order valence-corrected chi connectivity index (χ1v) is 7.31. The van der Waals surface area contributed by atoms with Gasteiger partial charge < -0.3 is 0 Å². The summed E-state index contributed by atoms with van der Waals surface area (Å²) in [4.78, 5) is 0. The average Bonchev–Trinajstić information content (AvgIpc) is 2.04. The largest absolute Gasteiger partial charge is 0.0654 e. The Morgan fingerprint density at radius 3 is 2.45 bits per heavy atom. The van der Waals surface area contributed by atoms with E-state index in [0.29, 0.717) is 9.52 Å². The lowest BCUT2D eigenvalue weighted by molar-refractivity contribution is 0.620. The van der Waals surface area contributed by atoms with E-state index in [4.69, 9.17) is 0 Å². The Labute approximate surface area is 74.6 Å². The Morgan fingerprint density at radius 2 is 1.91 bits per heavy atom. The molecule has 0 bridgehead atoms. The highest BCUT2D eigenvalue weighted by molar-refractivity contribution is 6.35. The van der Waals surface area contributed by atoms with Crippen molar-refractivity contribution in [3.8, 4) is 0 Å². The van der Waals surface area contributed by atoms with Crippen LogP contribution in [-0.4, -0.2) is 9.52 Å². The van der Waals surface area contributed by atoms with Crippen LogP contribution >= 0.6 is 0 Å².